The molecule has 0 aliphatic heterocycles. The number of carbonyl (C=O) groups excluding carboxylic acids is 3. The van der Waals surface area contributed by atoms with Crippen molar-refractivity contribution in [3.63, 3.8) is 0 Å². The lowest BCUT2D eigenvalue weighted by Gasteiger charge is -2.15. The van der Waals surface area contributed by atoms with Gasteiger partial charge in [0.15, 0.2) is 6.10 Å². The minimum Gasteiger partial charge on any atom is -0.453 e. The zero-order chi connectivity index (χ0) is 23.1. The topological polar surface area (TPSA) is 100 Å². The van der Waals surface area contributed by atoms with Gasteiger partial charge in [0.05, 0.1) is 6.54 Å². The summed E-state index contributed by atoms with van der Waals surface area (Å²) in [5, 5.41) is 6.46. The summed E-state index contributed by atoms with van der Waals surface area (Å²) in [6, 6.07) is 13.7. The normalized spacial score (nSPS) is 11.7. The molecule has 2 amide bonds. The number of benzene rings is 2. The molecule has 0 aliphatic rings. The molecule has 3 aromatic rings. The summed E-state index contributed by atoms with van der Waals surface area (Å²) < 4.78 is 5.22. The van der Waals surface area contributed by atoms with E-state index < -0.39 is 18.0 Å². The number of fused-ring (bicyclic) bond motifs is 1. The molecule has 168 valence electrons. The van der Waals surface area contributed by atoms with Crippen molar-refractivity contribution in [3.05, 3.63) is 65.4 Å². The van der Waals surface area contributed by atoms with Crippen molar-refractivity contribution in [1.82, 2.24) is 10.3 Å². The Kier molecular flexibility index (Phi) is 7.65. The number of aromatic nitrogens is 1. The third kappa shape index (κ3) is 5.97. The first-order valence-electron chi connectivity index (χ1n) is 10.7. The Labute approximate surface area is 187 Å². The zero-order valence-corrected chi connectivity index (χ0v) is 18.7. The molecule has 1 heterocycles. The van der Waals surface area contributed by atoms with Gasteiger partial charge in [0.25, 0.3) is 5.91 Å². The zero-order valence-electron chi connectivity index (χ0n) is 18.7. The fourth-order valence-electron chi connectivity index (χ4n) is 3.58. The number of para-hydroxylation sites is 2. The average molecular weight is 436 g/mol. The van der Waals surface area contributed by atoms with Crippen molar-refractivity contribution in [3.8, 4) is 0 Å². The van der Waals surface area contributed by atoms with Gasteiger partial charge >= 0.3 is 5.97 Å². The van der Waals surface area contributed by atoms with Crippen LogP contribution in [0.3, 0.4) is 0 Å². The minimum atomic E-state index is -0.969. The molecule has 0 radical (unpaired) electrons. The summed E-state index contributed by atoms with van der Waals surface area (Å²) in [6.45, 7) is 5.11. The number of anilines is 1. The maximum atomic E-state index is 12.2. The number of ether oxygens (including phenoxy) is 1. The number of nitrogens with one attached hydrogen (secondary N) is 3. The number of hydrogen-bond acceptors (Lipinski definition) is 4. The van der Waals surface area contributed by atoms with Gasteiger partial charge in [0.2, 0.25) is 5.91 Å². The van der Waals surface area contributed by atoms with Crippen molar-refractivity contribution in [1.29, 1.82) is 0 Å². The van der Waals surface area contributed by atoms with Crippen molar-refractivity contribution in [2.24, 2.45) is 0 Å². The van der Waals surface area contributed by atoms with Crippen LogP contribution in [-0.4, -0.2) is 35.4 Å². The fraction of sp³-hybridized carbons (Fsp3) is 0.320. The van der Waals surface area contributed by atoms with Gasteiger partial charge in [0.1, 0.15) is 0 Å². The number of esters is 1. The van der Waals surface area contributed by atoms with E-state index in [0.717, 1.165) is 39.7 Å². The summed E-state index contributed by atoms with van der Waals surface area (Å²) in [7, 11) is 0. The van der Waals surface area contributed by atoms with Crippen LogP contribution < -0.4 is 10.6 Å². The van der Waals surface area contributed by atoms with Crippen LogP contribution in [0.25, 0.3) is 10.9 Å². The number of hydrogen-bond donors (Lipinski definition) is 3. The Balaban J connectivity index is 1.39. The maximum absolute atomic E-state index is 12.2. The van der Waals surface area contributed by atoms with E-state index in [1.165, 1.54) is 6.92 Å². The largest absolute Gasteiger partial charge is 0.453 e. The van der Waals surface area contributed by atoms with Gasteiger partial charge in [-0.05, 0) is 56.4 Å². The number of aromatic amines is 1. The van der Waals surface area contributed by atoms with Gasteiger partial charge in [-0.3, -0.25) is 14.4 Å². The molecule has 0 spiro atoms. The highest BCUT2D eigenvalue weighted by molar-refractivity contribution is 5.96. The average Bonchev–Trinajstić information content (AvgIpc) is 3.18. The summed E-state index contributed by atoms with van der Waals surface area (Å²) >= 11 is 0. The quantitative estimate of drug-likeness (QED) is 0.445. The lowest BCUT2D eigenvalue weighted by molar-refractivity contribution is -0.154. The van der Waals surface area contributed by atoms with Gasteiger partial charge in [-0.25, -0.2) is 0 Å². The molecule has 0 unspecified atom stereocenters. The van der Waals surface area contributed by atoms with Crippen LogP contribution in [0.1, 0.15) is 36.5 Å². The molecule has 1 aromatic heterocycles. The summed E-state index contributed by atoms with van der Waals surface area (Å²) in [4.78, 5) is 39.7. The number of aryl methyl sites for hydroxylation is 3. The van der Waals surface area contributed by atoms with Crippen LogP contribution in [0, 0.1) is 13.8 Å². The molecule has 2 aromatic carbocycles. The molecule has 0 saturated heterocycles. The number of rotatable bonds is 9. The van der Waals surface area contributed by atoms with E-state index in [1.807, 2.05) is 62.5 Å². The third-order valence-corrected chi connectivity index (χ3v) is 5.35. The maximum Gasteiger partial charge on any atom is 0.306 e. The number of carbonyl (C=O) groups is 3. The Bertz CT molecular complexity index is 1100. The van der Waals surface area contributed by atoms with Crippen LogP contribution >= 0.6 is 0 Å². The molecule has 3 N–H and O–H groups in total. The van der Waals surface area contributed by atoms with Crippen molar-refractivity contribution < 1.29 is 19.1 Å². The predicted molar refractivity (Wildman–Crippen MR) is 124 cm³/mol. The monoisotopic (exact) mass is 435 g/mol. The Hall–Kier alpha value is -3.61. The van der Waals surface area contributed by atoms with Gasteiger partial charge in [-0.2, -0.15) is 0 Å². The van der Waals surface area contributed by atoms with E-state index in [4.69, 9.17) is 4.74 Å². The minimum absolute atomic E-state index is 0.199. The standard InChI is InChI=1S/C25H29N3O4/c1-16-8-6-9-17(2)24(16)28-22(29)15-27-25(31)18(3)32-23(30)13-7-10-19-14-26-21-12-5-4-11-20(19)21/h4-6,8-9,11-12,14,18,26H,7,10,13,15H2,1-3H3,(H,27,31)(H,28,29)/t18-/m0/s1. The Morgan fingerprint density at radius 3 is 2.50 bits per heavy atom. The lowest BCUT2D eigenvalue weighted by atomic mass is 10.1. The second-order valence-corrected chi connectivity index (χ2v) is 7.88. The molecular formula is C25H29N3O4. The lowest BCUT2D eigenvalue weighted by Crippen LogP contribution is -2.40. The molecule has 1 atom stereocenters. The Morgan fingerprint density at radius 1 is 1.03 bits per heavy atom. The molecule has 0 saturated carbocycles. The van der Waals surface area contributed by atoms with E-state index in [-0.39, 0.29) is 18.9 Å². The van der Waals surface area contributed by atoms with E-state index in [9.17, 15) is 14.4 Å². The van der Waals surface area contributed by atoms with Crippen LogP contribution in [0.4, 0.5) is 5.69 Å². The molecule has 0 bridgehead atoms. The smallest absolute Gasteiger partial charge is 0.306 e. The molecular weight excluding hydrogens is 406 g/mol. The van der Waals surface area contributed by atoms with Crippen molar-refractivity contribution in [2.75, 3.05) is 11.9 Å². The predicted octanol–water partition coefficient (Wildman–Crippen LogP) is 3.79. The summed E-state index contributed by atoms with van der Waals surface area (Å²) in [6.07, 6.45) is 2.55. The highest BCUT2D eigenvalue weighted by Gasteiger charge is 2.18. The first-order valence-corrected chi connectivity index (χ1v) is 10.7. The Morgan fingerprint density at radius 2 is 1.75 bits per heavy atom. The van der Waals surface area contributed by atoms with Crippen LogP contribution in [0.15, 0.2) is 48.7 Å². The highest BCUT2D eigenvalue weighted by Crippen LogP contribution is 2.20. The van der Waals surface area contributed by atoms with Gasteiger partial charge in [-0.1, -0.05) is 36.4 Å². The first kappa shape index (κ1) is 23.1. The summed E-state index contributed by atoms with van der Waals surface area (Å²) in [5.41, 5.74) is 4.84. The molecule has 0 aliphatic carbocycles. The van der Waals surface area contributed by atoms with E-state index >= 15 is 0 Å². The van der Waals surface area contributed by atoms with E-state index in [1.54, 1.807) is 0 Å². The molecule has 7 nitrogen and oxygen atoms in total. The fourth-order valence-corrected chi connectivity index (χ4v) is 3.58. The SMILES string of the molecule is Cc1cccc(C)c1NC(=O)CNC(=O)[C@H](C)OC(=O)CCCc1c[nH]c2ccccc12. The third-order valence-electron chi connectivity index (χ3n) is 5.35. The first-order chi connectivity index (χ1) is 15.3. The van der Waals surface area contributed by atoms with Crippen LogP contribution in [-0.2, 0) is 25.5 Å². The number of H-pyrrole nitrogens is 1. The molecule has 32 heavy (non-hydrogen) atoms. The van der Waals surface area contributed by atoms with Crippen LogP contribution in [0.5, 0.6) is 0 Å². The van der Waals surface area contributed by atoms with Crippen molar-refractivity contribution >= 4 is 34.4 Å². The second kappa shape index (κ2) is 10.6. The van der Waals surface area contributed by atoms with Gasteiger partial charge in [0, 0.05) is 29.2 Å². The second-order valence-electron chi connectivity index (χ2n) is 7.88. The van der Waals surface area contributed by atoms with Gasteiger partial charge < -0.3 is 20.4 Å². The van der Waals surface area contributed by atoms with Crippen molar-refractivity contribution in [2.45, 2.75) is 46.1 Å². The van der Waals surface area contributed by atoms with Crippen LogP contribution in [0.2, 0.25) is 0 Å². The number of amides is 2. The molecule has 0 fully saturated rings. The van der Waals surface area contributed by atoms with E-state index in [2.05, 4.69) is 15.6 Å². The highest BCUT2D eigenvalue weighted by atomic mass is 16.5. The molecule has 3 rings (SSSR count). The van der Waals surface area contributed by atoms with E-state index in [0.29, 0.717) is 6.42 Å². The molecule has 7 heteroatoms. The van der Waals surface area contributed by atoms with Gasteiger partial charge in [-0.15, -0.1) is 0 Å². The summed E-state index contributed by atoms with van der Waals surface area (Å²) in [5.74, 6) is -1.29.